The monoisotopic (exact) mass is 444 g/mol. The molecule has 1 atom stereocenters. The lowest BCUT2D eigenvalue weighted by Crippen LogP contribution is -2.21. The van der Waals surface area contributed by atoms with E-state index in [-0.39, 0.29) is 17.9 Å². The van der Waals surface area contributed by atoms with E-state index in [1.807, 2.05) is 16.9 Å². The molecule has 1 aliphatic carbocycles. The van der Waals surface area contributed by atoms with Crippen LogP contribution in [0.15, 0.2) is 36.9 Å². The summed E-state index contributed by atoms with van der Waals surface area (Å²) < 4.78 is 1.81. The van der Waals surface area contributed by atoms with E-state index in [9.17, 15) is 9.90 Å². The van der Waals surface area contributed by atoms with Gasteiger partial charge in [-0.05, 0) is 31.2 Å². The summed E-state index contributed by atoms with van der Waals surface area (Å²) in [5.74, 6) is 0.381. The SMILES string of the molecule is Nc1ncnn2c1c(C1Cc3cccc(-c4cn[nH]c4)c3N1)nc2[C@H]1CC[C@H](C(=O)O)CC1. The number of hydrogen-bond donors (Lipinski definition) is 4. The fraction of sp³-hybridized carbons (Fsp3) is 0.348. The lowest BCUT2D eigenvalue weighted by Gasteiger charge is -2.24. The van der Waals surface area contributed by atoms with Crippen molar-refractivity contribution in [1.82, 2.24) is 29.8 Å². The van der Waals surface area contributed by atoms with Crippen LogP contribution in [-0.4, -0.2) is 40.9 Å². The highest BCUT2D eigenvalue weighted by Crippen LogP contribution is 2.43. The molecule has 1 unspecified atom stereocenters. The third kappa shape index (κ3) is 3.21. The average Bonchev–Trinajstić information content (AvgIpc) is 3.57. The first kappa shape index (κ1) is 19.7. The van der Waals surface area contributed by atoms with Crippen molar-refractivity contribution in [2.24, 2.45) is 5.92 Å². The standard InChI is InChI=1S/C23H24N8O2/c24-21-20-19(17-8-14-2-1-3-16(18(14)29-17)15-9-26-27-10-15)30-22(31(20)28-11-25-21)12-4-6-13(7-5-12)23(32)33/h1-3,9-13,17,29H,4-8H2,(H,26,27)(H,32,33)(H2,24,25,28)/t12-,13-,17?. The molecule has 4 heterocycles. The number of nitrogen functional groups attached to an aromatic ring is 1. The minimum absolute atomic E-state index is 0.0690. The van der Waals surface area contributed by atoms with Gasteiger partial charge in [-0.1, -0.05) is 18.2 Å². The summed E-state index contributed by atoms with van der Waals surface area (Å²) in [6.45, 7) is 0. The van der Waals surface area contributed by atoms with Crippen molar-refractivity contribution in [2.45, 2.75) is 44.1 Å². The second-order valence-electron chi connectivity index (χ2n) is 8.88. The number of carboxylic acids is 1. The molecule has 1 aliphatic heterocycles. The predicted octanol–water partition coefficient (Wildman–Crippen LogP) is 3.16. The quantitative estimate of drug-likeness (QED) is 0.375. The Morgan fingerprint density at radius 2 is 2.06 bits per heavy atom. The largest absolute Gasteiger partial charge is 0.481 e. The molecule has 1 aromatic carbocycles. The Balaban J connectivity index is 1.38. The van der Waals surface area contributed by atoms with Crippen molar-refractivity contribution in [2.75, 3.05) is 11.1 Å². The Labute approximate surface area is 189 Å². The Morgan fingerprint density at radius 1 is 1.21 bits per heavy atom. The van der Waals surface area contributed by atoms with Gasteiger partial charge in [-0.15, -0.1) is 0 Å². The number of fused-ring (bicyclic) bond motifs is 2. The van der Waals surface area contributed by atoms with Gasteiger partial charge in [0.15, 0.2) is 5.82 Å². The van der Waals surface area contributed by atoms with Crippen molar-refractivity contribution in [3.8, 4) is 11.1 Å². The Kier molecular flexibility index (Phi) is 4.53. The van der Waals surface area contributed by atoms with Gasteiger partial charge < -0.3 is 16.2 Å². The van der Waals surface area contributed by atoms with Crippen LogP contribution in [0.2, 0.25) is 0 Å². The smallest absolute Gasteiger partial charge is 0.306 e. The molecular formula is C23H24N8O2. The number of carboxylic acid groups (broad SMARTS) is 1. The lowest BCUT2D eigenvalue weighted by molar-refractivity contribution is -0.142. The molecule has 33 heavy (non-hydrogen) atoms. The van der Waals surface area contributed by atoms with Crippen LogP contribution in [0.1, 0.15) is 54.7 Å². The third-order valence-corrected chi connectivity index (χ3v) is 6.99. The molecule has 0 amide bonds. The molecule has 1 saturated carbocycles. The number of para-hydroxylation sites is 1. The maximum Gasteiger partial charge on any atom is 0.306 e. The first-order valence-electron chi connectivity index (χ1n) is 11.2. The molecule has 2 aliphatic rings. The van der Waals surface area contributed by atoms with E-state index in [2.05, 4.69) is 43.8 Å². The predicted molar refractivity (Wildman–Crippen MR) is 122 cm³/mol. The van der Waals surface area contributed by atoms with Crippen LogP contribution in [0.25, 0.3) is 16.6 Å². The lowest BCUT2D eigenvalue weighted by atomic mass is 9.82. The molecule has 4 aromatic rings. The fourth-order valence-electron chi connectivity index (χ4n) is 5.30. The summed E-state index contributed by atoms with van der Waals surface area (Å²) in [4.78, 5) is 20.7. The third-order valence-electron chi connectivity index (χ3n) is 6.99. The molecule has 0 radical (unpaired) electrons. The summed E-state index contributed by atoms with van der Waals surface area (Å²) in [5, 5.41) is 24.5. The summed E-state index contributed by atoms with van der Waals surface area (Å²) in [5.41, 5.74) is 12.3. The number of benzene rings is 1. The van der Waals surface area contributed by atoms with Crippen LogP contribution >= 0.6 is 0 Å². The highest BCUT2D eigenvalue weighted by Gasteiger charge is 2.34. The van der Waals surface area contributed by atoms with Gasteiger partial charge >= 0.3 is 5.97 Å². The molecule has 6 rings (SSSR count). The summed E-state index contributed by atoms with van der Waals surface area (Å²) in [6, 6.07) is 6.19. The van der Waals surface area contributed by atoms with Crippen molar-refractivity contribution in [3.05, 3.63) is 54.0 Å². The number of imidazole rings is 1. The number of rotatable bonds is 4. The van der Waals surface area contributed by atoms with Crippen LogP contribution in [0, 0.1) is 5.92 Å². The Morgan fingerprint density at radius 3 is 2.82 bits per heavy atom. The molecule has 1 fully saturated rings. The molecule has 5 N–H and O–H groups in total. The van der Waals surface area contributed by atoms with E-state index in [1.54, 1.807) is 0 Å². The van der Waals surface area contributed by atoms with Crippen molar-refractivity contribution in [1.29, 1.82) is 0 Å². The highest BCUT2D eigenvalue weighted by molar-refractivity contribution is 5.82. The number of nitrogens with one attached hydrogen (secondary N) is 2. The fourth-order valence-corrected chi connectivity index (χ4v) is 5.30. The van der Waals surface area contributed by atoms with E-state index in [1.165, 1.54) is 11.9 Å². The molecule has 168 valence electrons. The molecular weight excluding hydrogens is 420 g/mol. The van der Waals surface area contributed by atoms with E-state index >= 15 is 0 Å². The second kappa shape index (κ2) is 7.58. The molecule has 0 spiro atoms. The zero-order valence-corrected chi connectivity index (χ0v) is 17.9. The van der Waals surface area contributed by atoms with Gasteiger partial charge in [-0.2, -0.15) is 10.2 Å². The number of carbonyl (C=O) groups is 1. The van der Waals surface area contributed by atoms with Gasteiger partial charge in [0, 0.05) is 35.3 Å². The van der Waals surface area contributed by atoms with Gasteiger partial charge in [-0.3, -0.25) is 9.89 Å². The number of nitrogens with two attached hydrogens (primary N) is 1. The van der Waals surface area contributed by atoms with Crippen molar-refractivity contribution >= 4 is 23.0 Å². The minimum atomic E-state index is -0.713. The van der Waals surface area contributed by atoms with Crippen LogP contribution in [0.5, 0.6) is 0 Å². The zero-order chi connectivity index (χ0) is 22.5. The molecule has 10 heteroatoms. The first-order chi connectivity index (χ1) is 16.1. The van der Waals surface area contributed by atoms with E-state index < -0.39 is 5.97 Å². The maximum absolute atomic E-state index is 11.4. The van der Waals surface area contributed by atoms with Crippen LogP contribution in [0.4, 0.5) is 11.5 Å². The van der Waals surface area contributed by atoms with E-state index in [0.29, 0.717) is 18.7 Å². The first-order valence-corrected chi connectivity index (χ1v) is 11.2. The van der Waals surface area contributed by atoms with Crippen molar-refractivity contribution in [3.63, 3.8) is 0 Å². The number of nitrogens with zero attached hydrogens (tertiary/aromatic N) is 5. The van der Waals surface area contributed by atoms with Gasteiger partial charge in [0.2, 0.25) is 0 Å². The van der Waals surface area contributed by atoms with Crippen molar-refractivity contribution < 1.29 is 9.90 Å². The maximum atomic E-state index is 11.4. The second-order valence-corrected chi connectivity index (χ2v) is 8.88. The number of hydrogen-bond acceptors (Lipinski definition) is 7. The molecule has 10 nitrogen and oxygen atoms in total. The number of anilines is 2. The normalized spacial score (nSPS) is 22.2. The average molecular weight is 444 g/mol. The summed E-state index contributed by atoms with van der Waals surface area (Å²) in [6.07, 6.45) is 8.74. The van der Waals surface area contributed by atoms with Crippen LogP contribution in [-0.2, 0) is 11.2 Å². The molecule has 0 bridgehead atoms. The van der Waals surface area contributed by atoms with E-state index in [4.69, 9.17) is 10.7 Å². The topological polar surface area (TPSA) is 147 Å². The Bertz CT molecular complexity index is 1340. The van der Waals surface area contributed by atoms with Gasteiger partial charge in [0.05, 0.1) is 23.9 Å². The number of aromatic nitrogens is 6. The van der Waals surface area contributed by atoms with Gasteiger partial charge in [-0.25, -0.2) is 14.5 Å². The number of aliphatic carboxylic acids is 1. The Hall–Kier alpha value is -3.95. The van der Waals surface area contributed by atoms with E-state index in [0.717, 1.165) is 53.1 Å². The number of H-pyrrole nitrogens is 1. The van der Waals surface area contributed by atoms with Gasteiger partial charge in [0.1, 0.15) is 17.7 Å². The number of aromatic amines is 1. The van der Waals surface area contributed by atoms with Gasteiger partial charge in [0.25, 0.3) is 0 Å². The molecule has 0 saturated heterocycles. The molecule has 3 aromatic heterocycles. The van der Waals surface area contributed by atoms with Crippen LogP contribution in [0.3, 0.4) is 0 Å². The summed E-state index contributed by atoms with van der Waals surface area (Å²) >= 11 is 0. The zero-order valence-electron chi connectivity index (χ0n) is 17.9. The highest BCUT2D eigenvalue weighted by atomic mass is 16.4. The van der Waals surface area contributed by atoms with Crippen LogP contribution < -0.4 is 11.1 Å². The minimum Gasteiger partial charge on any atom is -0.481 e. The summed E-state index contributed by atoms with van der Waals surface area (Å²) in [7, 11) is 0.